The SMILES string of the molecule is O=C(C=Cc1nc2ccccc2o1)NCC1(O)CCSCC1. The van der Waals surface area contributed by atoms with Crippen molar-refractivity contribution in [3.8, 4) is 0 Å². The Labute approximate surface area is 132 Å². The summed E-state index contributed by atoms with van der Waals surface area (Å²) in [5.74, 6) is 2.01. The molecule has 2 aromatic rings. The number of amides is 1. The van der Waals surface area contributed by atoms with Crippen LogP contribution in [0.4, 0.5) is 0 Å². The molecule has 1 amide bonds. The van der Waals surface area contributed by atoms with Gasteiger partial charge in [0.15, 0.2) is 5.58 Å². The van der Waals surface area contributed by atoms with Gasteiger partial charge < -0.3 is 14.8 Å². The van der Waals surface area contributed by atoms with Gasteiger partial charge in [-0.3, -0.25) is 4.79 Å². The lowest BCUT2D eigenvalue weighted by Gasteiger charge is -2.31. The van der Waals surface area contributed by atoms with Gasteiger partial charge in [-0.2, -0.15) is 11.8 Å². The number of nitrogens with zero attached hydrogens (tertiary/aromatic N) is 1. The largest absolute Gasteiger partial charge is 0.437 e. The van der Waals surface area contributed by atoms with Crippen LogP contribution >= 0.6 is 11.8 Å². The fraction of sp³-hybridized carbons (Fsp3) is 0.375. The quantitative estimate of drug-likeness (QED) is 0.846. The number of oxazole rings is 1. The van der Waals surface area contributed by atoms with Crippen LogP contribution in [-0.4, -0.2) is 39.6 Å². The van der Waals surface area contributed by atoms with Crippen molar-refractivity contribution in [2.45, 2.75) is 18.4 Å². The van der Waals surface area contributed by atoms with E-state index in [4.69, 9.17) is 4.42 Å². The molecule has 1 aromatic heterocycles. The zero-order chi connectivity index (χ0) is 15.4. The third-order valence-electron chi connectivity index (χ3n) is 3.70. The Morgan fingerprint density at radius 3 is 2.95 bits per heavy atom. The van der Waals surface area contributed by atoms with Crippen molar-refractivity contribution in [2.24, 2.45) is 0 Å². The third-order valence-corrected chi connectivity index (χ3v) is 4.69. The van der Waals surface area contributed by atoms with Crippen LogP contribution < -0.4 is 5.32 Å². The second-order valence-electron chi connectivity index (χ2n) is 5.41. The van der Waals surface area contributed by atoms with E-state index in [1.807, 2.05) is 36.0 Å². The number of aromatic nitrogens is 1. The minimum atomic E-state index is -0.771. The number of hydrogen-bond donors (Lipinski definition) is 2. The predicted molar refractivity (Wildman–Crippen MR) is 87.6 cm³/mol. The lowest BCUT2D eigenvalue weighted by Crippen LogP contribution is -2.44. The molecule has 0 unspecified atom stereocenters. The molecule has 0 aliphatic carbocycles. The van der Waals surface area contributed by atoms with Gasteiger partial charge in [-0.05, 0) is 36.5 Å². The number of carbonyl (C=O) groups excluding carboxylic acids is 1. The van der Waals surface area contributed by atoms with Gasteiger partial charge in [0.2, 0.25) is 11.8 Å². The van der Waals surface area contributed by atoms with Gasteiger partial charge in [0.25, 0.3) is 0 Å². The molecule has 2 heterocycles. The number of benzene rings is 1. The number of nitrogens with one attached hydrogen (secondary N) is 1. The summed E-state index contributed by atoms with van der Waals surface area (Å²) in [5.41, 5.74) is 0.681. The van der Waals surface area contributed by atoms with Crippen LogP contribution in [0.2, 0.25) is 0 Å². The Kier molecular flexibility index (Phi) is 4.49. The number of carbonyl (C=O) groups is 1. The number of thioether (sulfide) groups is 1. The van der Waals surface area contributed by atoms with Crippen molar-refractivity contribution in [2.75, 3.05) is 18.1 Å². The van der Waals surface area contributed by atoms with Crippen LogP contribution in [0.15, 0.2) is 34.8 Å². The third kappa shape index (κ3) is 3.69. The fourth-order valence-corrected chi connectivity index (χ4v) is 3.60. The number of rotatable bonds is 4. The second-order valence-corrected chi connectivity index (χ2v) is 6.63. The van der Waals surface area contributed by atoms with E-state index in [2.05, 4.69) is 10.3 Å². The van der Waals surface area contributed by atoms with Gasteiger partial charge in [-0.15, -0.1) is 0 Å². The lowest BCUT2D eigenvalue weighted by atomic mass is 9.97. The van der Waals surface area contributed by atoms with Crippen LogP contribution in [-0.2, 0) is 4.79 Å². The number of hydrogen-bond acceptors (Lipinski definition) is 5. The summed E-state index contributed by atoms with van der Waals surface area (Å²) in [4.78, 5) is 16.1. The second kappa shape index (κ2) is 6.54. The fourth-order valence-electron chi connectivity index (χ4n) is 2.35. The molecule has 6 heteroatoms. The first-order chi connectivity index (χ1) is 10.6. The molecule has 1 aliphatic heterocycles. The molecule has 1 aromatic carbocycles. The molecule has 0 atom stereocenters. The topological polar surface area (TPSA) is 75.4 Å². The summed E-state index contributed by atoms with van der Waals surface area (Å²) < 4.78 is 5.50. The highest BCUT2D eigenvalue weighted by Crippen LogP contribution is 2.26. The van der Waals surface area contributed by atoms with Crippen LogP contribution in [0.1, 0.15) is 18.7 Å². The number of fused-ring (bicyclic) bond motifs is 1. The first kappa shape index (κ1) is 15.1. The zero-order valence-corrected chi connectivity index (χ0v) is 12.9. The molecule has 1 fully saturated rings. The molecular formula is C16H18N2O3S. The van der Waals surface area contributed by atoms with Crippen molar-refractivity contribution >= 4 is 34.8 Å². The average molecular weight is 318 g/mol. The smallest absolute Gasteiger partial charge is 0.244 e. The predicted octanol–water partition coefficient (Wildman–Crippen LogP) is 2.22. The van der Waals surface area contributed by atoms with E-state index in [0.717, 1.165) is 17.0 Å². The Balaban J connectivity index is 1.56. The van der Waals surface area contributed by atoms with E-state index < -0.39 is 5.60 Å². The maximum Gasteiger partial charge on any atom is 0.244 e. The Hall–Kier alpha value is -1.79. The summed E-state index contributed by atoms with van der Waals surface area (Å²) >= 11 is 1.83. The Bertz CT molecular complexity index is 657. The molecular weight excluding hydrogens is 300 g/mol. The van der Waals surface area contributed by atoms with E-state index >= 15 is 0 Å². The first-order valence-electron chi connectivity index (χ1n) is 7.26. The van der Waals surface area contributed by atoms with Crippen LogP contribution in [0.25, 0.3) is 17.2 Å². The summed E-state index contributed by atoms with van der Waals surface area (Å²) in [5, 5.41) is 13.1. The minimum absolute atomic E-state index is 0.256. The molecule has 0 spiro atoms. The van der Waals surface area contributed by atoms with E-state index in [1.165, 1.54) is 12.2 Å². The maximum absolute atomic E-state index is 11.8. The molecule has 0 saturated carbocycles. The van der Waals surface area contributed by atoms with Crippen LogP contribution in [0.3, 0.4) is 0 Å². The number of aliphatic hydroxyl groups is 1. The monoisotopic (exact) mass is 318 g/mol. The van der Waals surface area contributed by atoms with Crippen LogP contribution in [0.5, 0.6) is 0 Å². The molecule has 1 aliphatic rings. The van der Waals surface area contributed by atoms with E-state index in [9.17, 15) is 9.90 Å². The van der Waals surface area contributed by atoms with Gasteiger partial charge >= 0.3 is 0 Å². The molecule has 2 N–H and O–H groups in total. The van der Waals surface area contributed by atoms with Gasteiger partial charge in [0.1, 0.15) is 5.52 Å². The molecule has 3 rings (SSSR count). The highest BCUT2D eigenvalue weighted by Gasteiger charge is 2.29. The first-order valence-corrected chi connectivity index (χ1v) is 8.42. The van der Waals surface area contributed by atoms with Crippen molar-refractivity contribution in [1.29, 1.82) is 0 Å². The van der Waals surface area contributed by atoms with E-state index in [-0.39, 0.29) is 12.5 Å². The van der Waals surface area contributed by atoms with Gasteiger partial charge in [-0.25, -0.2) is 4.98 Å². The summed E-state index contributed by atoms with van der Waals surface area (Å²) in [6.45, 7) is 0.282. The van der Waals surface area contributed by atoms with Gasteiger partial charge in [0, 0.05) is 18.7 Å². The van der Waals surface area contributed by atoms with Crippen molar-refractivity contribution in [3.05, 3.63) is 36.2 Å². The molecule has 0 bridgehead atoms. The van der Waals surface area contributed by atoms with Gasteiger partial charge in [0.05, 0.1) is 5.60 Å². The van der Waals surface area contributed by atoms with Crippen molar-refractivity contribution in [3.63, 3.8) is 0 Å². The standard InChI is InChI=1S/C16H18N2O3S/c19-14(17-11-16(20)7-9-22-10-8-16)5-6-15-18-12-3-1-2-4-13(12)21-15/h1-6,20H,7-11H2,(H,17,19). The molecule has 0 radical (unpaired) electrons. The summed E-state index contributed by atoms with van der Waals surface area (Å²) in [6, 6.07) is 7.44. The van der Waals surface area contributed by atoms with E-state index in [1.54, 1.807) is 0 Å². The molecule has 1 saturated heterocycles. The zero-order valence-electron chi connectivity index (χ0n) is 12.1. The Morgan fingerprint density at radius 1 is 1.41 bits per heavy atom. The Morgan fingerprint density at radius 2 is 2.18 bits per heavy atom. The molecule has 5 nitrogen and oxygen atoms in total. The van der Waals surface area contributed by atoms with Crippen LogP contribution in [0, 0.1) is 0 Å². The van der Waals surface area contributed by atoms with Gasteiger partial charge in [-0.1, -0.05) is 12.1 Å². The highest BCUT2D eigenvalue weighted by atomic mass is 32.2. The normalized spacial score (nSPS) is 17.9. The summed E-state index contributed by atoms with van der Waals surface area (Å²) in [7, 11) is 0. The highest BCUT2D eigenvalue weighted by molar-refractivity contribution is 7.99. The van der Waals surface area contributed by atoms with E-state index in [0.29, 0.717) is 24.3 Å². The minimum Gasteiger partial charge on any atom is -0.437 e. The average Bonchev–Trinajstić information content (AvgIpc) is 2.95. The molecule has 116 valence electrons. The lowest BCUT2D eigenvalue weighted by molar-refractivity contribution is -0.117. The summed E-state index contributed by atoms with van der Waals surface area (Å²) in [6.07, 6.45) is 4.35. The maximum atomic E-state index is 11.8. The molecule has 22 heavy (non-hydrogen) atoms. The number of para-hydroxylation sites is 2. The van der Waals surface area contributed by atoms with Crippen molar-refractivity contribution < 1.29 is 14.3 Å². The van der Waals surface area contributed by atoms with Crippen molar-refractivity contribution in [1.82, 2.24) is 10.3 Å².